The highest BCUT2D eigenvalue weighted by atomic mass is 32.1. The fourth-order valence-electron chi connectivity index (χ4n) is 1.32. The summed E-state index contributed by atoms with van der Waals surface area (Å²) in [5.41, 5.74) is 1.15. The topological polar surface area (TPSA) is 35.5 Å². The van der Waals surface area contributed by atoms with E-state index in [-0.39, 0.29) is 0 Å². The van der Waals surface area contributed by atoms with Gasteiger partial charge in [-0.05, 0) is 6.07 Å². The van der Waals surface area contributed by atoms with E-state index in [2.05, 4.69) is 24.5 Å². The summed E-state index contributed by atoms with van der Waals surface area (Å²) >= 11 is 4.08. The second kappa shape index (κ2) is 6.87. The predicted octanol–water partition coefficient (Wildman–Crippen LogP) is 2.19. The molecule has 0 aliphatic rings. The molecule has 17 heavy (non-hydrogen) atoms. The summed E-state index contributed by atoms with van der Waals surface area (Å²) in [4.78, 5) is 10.8. The quantitative estimate of drug-likeness (QED) is 0.505. The molecule has 0 radical (unpaired) electrons. The van der Waals surface area contributed by atoms with Gasteiger partial charge in [0.1, 0.15) is 11.5 Å². The molecule has 0 heterocycles. The van der Waals surface area contributed by atoms with Crippen LogP contribution >= 0.6 is 12.6 Å². The molecule has 0 fully saturated rings. The molecule has 0 atom stereocenters. The van der Waals surface area contributed by atoms with Crippen molar-refractivity contribution in [2.75, 3.05) is 20.0 Å². The zero-order valence-corrected chi connectivity index (χ0v) is 10.7. The van der Waals surface area contributed by atoms with Crippen molar-refractivity contribution in [3.05, 3.63) is 23.3 Å². The van der Waals surface area contributed by atoms with Gasteiger partial charge in [0.25, 0.3) is 0 Å². The third-order valence-electron chi connectivity index (χ3n) is 2.14. The molecule has 3 nitrogen and oxygen atoms in total. The smallest absolute Gasteiger partial charge is 0.153 e. The highest BCUT2D eigenvalue weighted by Gasteiger charge is 2.08. The maximum atomic E-state index is 10.8. The average molecular weight is 250 g/mol. The highest BCUT2D eigenvalue weighted by Crippen LogP contribution is 2.27. The van der Waals surface area contributed by atoms with Gasteiger partial charge >= 0.3 is 0 Å². The number of carbonyl (C=O) groups excluding carboxylic acids is 1. The number of hydrogen-bond donors (Lipinski definition) is 1. The minimum Gasteiger partial charge on any atom is -0.496 e. The first-order valence-electron chi connectivity index (χ1n) is 5.07. The van der Waals surface area contributed by atoms with Crippen molar-refractivity contribution in [3.63, 3.8) is 0 Å². The number of rotatable bonds is 4. The van der Waals surface area contributed by atoms with Crippen LogP contribution in [-0.2, 0) is 0 Å². The highest BCUT2D eigenvalue weighted by molar-refractivity contribution is 7.80. The molecule has 1 aromatic carbocycles. The largest absolute Gasteiger partial charge is 0.496 e. The van der Waals surface area contributed by atoms with Gasteiger partial charge in [-0.15, -0.1) is 0 Å². The molecule has 0 amide bonds. The van der Waals surface area contributed by atoms with Gasteiger partial charge in [0, 0.05) is 18.2 Å². The van der Waals surface area contributed by atoms with Crippen molar-refractivity contribution in [2.24, 2.45) is 0 Å². The Hall–Kier alpha value is -1.60. The summed E-state index contributed by atoms with van der Waals surface area (Å²) in [7, 11) is 3.06. The Morgan fingerprint density at radius 2 is 2.00 bits per heavy atom. The van der Waals surface area contributed by atoms with E-state index in [9.17, 15) is 4.79 Å². The third kappa shape index (κ3) is 3.43. The predicted molar refractivity (Wildman–Crippen MR) is 70.3 cm³/mol. The molecule has 1 rings (SSSR count). The molecule has 0 saturated carbocycles. The van der Waals surface area contributed by atoms with Crippen molar-refractivity contribution in [3.8, 4) is 23.3 Å². The Balaban J connectivity index is 3.20. The molecule has 0 unspecified atom stereocenters. The van der Waals surface area contributed by atoms with Crippen LogP contribution in [0, 0.1) is 11.8 Å². The molecular weight excluding hydrogens is 236 g/mol. The fourth-order valence-corrected chi connectivity index (χ4v) is 1.44. The van der Waals surface area contributed by atoms with Gasteiger partial charge in [-0.3, -0.25) is 4.79 Å². The van der Waals surface area contributed by atoms with Gasteiger partial charge in [0.15, 0.2) is 6.29 Å². The van der Waals surface area contributed by atoms with E-state index in [4.69, 9.17) is 9.47 Å². The Labute approximate surface area is 107 Å². The van der Waals surface area contributed by atoms with E-state index in [1.165, 1.54) is 7.11 Å². The number of hydrogen-bond acceptors (Lipinski definition) is 4. The van der Waals surface area contributed by atoms with Crippen molar-refractivity contribution >= 4 is 18.9 Å². The van der Waals surface area contributed by atoms with Crippen LogP contribution in [0.1, 0.15) is 22.3 Å². The molecule has 0 bridgehead atoms. The molecule has 0 aliphatic carbocycles. The van der Waals surface area contributed by atoms with Crippen LogP contribution in [0.25, 0.3) is 0 Å². The van der Waals surface area contributed by atoms with E-state index in [0.29, 0.717) is 34.8 Å². The lowest BCUT2D eigenvalue weighted by Gasteiger charge is -2.08. The first-order valence-corrected chi connectivity index (χ1v) is 5.71. The van der Waals surface area contributed by atoms with Crippen LogP contribution in [0.5, 0.6) is 11.5 Å². The first-order chi connectivity index (χ1) is 8.26. The summed E-state index contributed by atoms with van der Waals surface area (Å²) in [5.74, 6) is 7.71. The monoisotopic (exact) mass is 250 g/mol. The second-order valence-electron chi connectivity index (χ2n) is 3.19. The number of ether oxygens (including phenoxy) is 2. The Morgan fingerprint density at radius 1 is 1.29 bits per heavy atom. The van der Waals surface area contributed by atoms with Crippen LogP contribution < -0.4 is 9.47 Å². The standard InChI is InChI=1S/C13H14O3S/c1-15-12-8-11(9-14)13(16-2)7-10(12)5-3-4-6-17/h7-9,17H,4,6H2,1-2H3. The Morgan fingerprint density at radius 3 is 2.53 bits per heavy atom. The molecule has 0 saturated heterocycles. The van der Waals surface area contributed by atoms with E-state index in [1.807, 2.05) is 0 Å². The maximum absolute atomic E-state index is 10.8. The number of methoxy groups -OCH3 is 2. The molecule has 90 valence electrons. The third-order valence-corrected chi connectivity index (χ3v) is 2.36. The molecule has 0 aliphatic heterocycles. The summed E-state index contributed by atoms with van der Waals surface area (Å²) in [6.07, 6.45) is 1.43. The lowest BCUT2D eigenvalue weighted by molar-refractivity contribution is 0.112. The number of thiol groups is 1. The van der Waals surface area contributed by atoms with Crippen LogP contribution in [0.2, 0.25) is 0 Å². The molecule has 0 N–H and O–H groups in total. The fraction of sp³-hybridized carbons (Fsp3) is 0.308. The molecule has 1 aromatic rings. The molecular formula is C13H14O3S. The van der Waals surface area contributed by atoms with Crippen molar-refractivity contribution < 1.29 is 14.3 Å². The van der Waals surface area contributed by atoms with Crippen LogP contribution in [0.15, 0.2) is 12.1 Å². The maximum Gasteiger partial charge on any atom is 0.153 e. The van der Waals surface area contributed by atoms with Crippen LogP contribution in [0.3, 0.4) is 0 Å². The van der Waals surface area contributed by atoms with Crippen molar-refractivity contribution in [1.29, 1.82) is 0 Å². The van der Waals surface area contributed by atoms with Gasteiger partial charge in [-0.2, -0.15) is 12.6 Å². The number of benzene rings is 1. The van der Waals surface area contributed by atoms with Gasteiger partial charge in [0.2, 0.25) is 0 Å². The molecule has 4 heteroatoms. The van der Waals surface area contributed by atoms with Gasteiger partial charge in [0.05, 0.1) is 25.3 Å². The van der Waals surface area contributed by atoms with Gasteiger partial charge < -0.3 is 9.47 Å². The van der Waals surface area contributed by atoms with E-state index < -0.39 is 0 Å². The van der Waals surface area contributed by atoms with E-state index >= 15 is 0 Å². The molecule has 0 spiro atoms. The van der Waals surface area contributed by atoms with Gasteiger partial charge in [-0.1, -0.05) is 11.8 Å². The SMILES string of the molecule is COc1cc(C=O)c(OC)cc1C#CCCS. The Bertz CT molecular complexity index is 458. The van der Waals surface area contributed by atoms with Crippen LogP contribution in [-0.4, -0.2) is 26.3 Å². The summed E-state index contributed by atoms with van der Waals surface area (Å²) in [6, 6.07) is 3.32. The lowest BCUT2D eigenvalue weighted by Crippen LogP contribution is -1.95. The second-order valence-corrected chi connectivity index (χ2v) is 3.63. The number of aldehydes is 1. The molecule has 0 aromatic heterocycles. The lowest BCUT2D eigenvalue weighted by atomic mass is 10.1. The van der Waals surface area contributed by atoms with Gasteiger partial charge in [-0.25, -0.2) is 0 Å². The average Bonchev–Trinajstić information content (AvgIpc) is 2.38. The van der Waals surface area contributed by atoms with Crippen LogP contribution in [0.4, 0.5) is 0 Å². The number of carbonyl (C=O) groups is 1. The van der Waals surface area contributed by atoms with Crippen molar-refractivity contribution in [1.82, 2.24) is 0 Å². The zero-order valence-electron chi connectivity index (χ0n) is 9.82. The summed E-state index contributed by atoms with van der Waals surface area (Å²) < 4.78 is 10.3. The minimum atomic E-state index is 0.448. The minimum absolute atomic E-state index is 0.448. The van der Waals surface area contributed by atoms with E-state index in [1.54, 1.807) is 19.2 Å². The van der Waals surface area contributed by atoms with E-state index in [0.717, 1.165) is 6.29 Å². The summed E-state index contributed by atoms with van der Waals surface area (Å²) in [5, 5.41) is 0. The van der Waals surface area contributed by atoms with Crippen molar-refractivity contribution in [2.45, 2.75) is 6.42 Å². The first kappa shape index (κ1) is 13.5. The zero-order chi connectivity index (χ0) is 12.7. The normalized spacial score (nSPS) is 9.12. The summed E-state index contributed by atoms with van der Waals surface area (Å²) in [6.45, 7) is 0. The Kier molecular flexibility index (Phi) is 5.44.